The molecule has 0 aliphatic rings. The maximum atomic E-state index is 12.8. The van der Waals surface area contributed by atoms with Crippen molar-refractivity contribution in [3.8, 4) is 0 Å². The fourth-order valence-electron chi connectivity index (χ4n) is 7.07. The summed E-state index contributed by atoms with van der Waals surface area (Å²) in [5, 5.41) is 0. The van der Waals surface area contributed by atoms with Gasteiger partial charge in [-0.2, -0.15) is 0 Å². The van der Waals surface area contributed by atoms with Crippen LogP contribution in [-0.4, -0.2) is 37.2 Å². The minimum atomic E-state index is -0.848. The number of rotatable bonds is 50. The van der Waals surface area contributed by atoms with Crippen LogP contribution in [0, 0.1) is 0 Å². The minimum absolute atomic E-state index is 0.145. The topological polar surface area (TPSA) is 78.9 Å². The first-order valence-electron chi connectivity index (χ1n) is 29.3. The zero-order valence-electron chi connectivity index (χ0n) is 47.5. The van der Waals surface area contributed by atoms with Crippen LogP contribution in [-0.2, 0) is 28.6 Å². The zero-order chi connectivity index (χ0) is 54.3. The molecule has 0 rings (SSSR count). The summed E-state index contributed by atoms with van der Waals surface area (Å²) >= 11 is 0. The molecular weight excluding hydrogens is 925 g/mol. The van der Waals surface area contributed by atoms with Crippen molar-refractivity contribution in [2.75, 3.05) is 13.2 Å². The second-order valence-corrected chi connectivity index (χ2v) is 18.4. The number of allylic oxidation sites excluding steroid dienone is 30. The van der Waals surface area contributed by atoms with Gasteiger partial charge in [-0.05, 0) is 141 Å². The highest BCUT2D eigenvalue weighted by Gasteiger charge is 2.19. The van der Waals surface area contributed by atoms with Gasteiger partial charge in [0, 0.05) is 19.3 Å². The first kappa shape index (κ1) is 69.5. The van der Waals surface area contributed by atoms with E-state index in [1.54, 1.807) is 0 Å². The molecule has 0 spiro atoms. The normalized spacial score (nSPS) is 13.5. The Hall–Kier alpha value is -5.49. The first-order valence-corrected chi connectivity index (χ1v) is 29.3. The molecular formula is C69H104O6. The van der Waals surface area contributed by atoms with E-state index in [0.717, 1.165) is 135 Å². The molecule has 0 aromatic heterocycles. The van der Waals surface area contributed by atoms with Gasteiger partial charge in [-0.15, -0.1) is 0 Å². The fourth-order valence-corrected chi connectivity index (χ4v) is 7.07. The summed E-state index contributed by atoms with van der Waals surface area (Å²) in [6.07, 6.45) is 91.9. The summed E-state index contributed by atoms with van der Waals surface area (Å²) < 4.78 is 16.7. The van der Waals surface area contributed by atoms with E-state index in [4.69, 9.17) is 14.2 Å². The molecule has 0 aromatic rings. The van der Waals surface area contributed by atoms with Gasteiger partial charge in [0.2, 0.25) is 0 Å². The Bertz CT molecular complexity index is 1800. The van der Waals surface area contributed by atoms with Gasteiger partial charge in [-0.3, -0.25) is 14.4 Å². The summed E-state index contributed by atoms with van der Waals surface area (Å²) in [7, 11) is 0. The van der Waals surface area contributed by atoms with Crippen LogP contribution in [0.3, 0.4) is 0 Å². The van der Waals surface area contributed by atoms with Gasteiger partial charge >= 0.3 is 17.9 Å². The van der Waals surface area contributed by atoms with Crippen LogP contribution in [0.4, 0.5) is 0 Å². The number of ether oxygens (including phenoxy) is 3. The van der Waals surface area contributed by atoms with E-state index in [1.165, 1.54) is 25.7 Å². The van der Waals surface area contributed by atoms with E-state index in [-0.39, 0.29) is 50.4 Å². The second-order valence-electron chi connectivity index (χ2n) is 18.4. The SMILES string of the molecule is CC/C=C\C/C=C\C/C=C\C/C=C\C/C=C\C/C=C\C/C=C\C/C=C\C/C=C\CCCC(=O)OCC(COC(=O)CC/C=C\C/C=C\C/C=C\C/C=C\CC)OC(=O)CCCCCCC/C=C\C/C=C\CCCCC. The first-order chi connectivity index (χ1) is 37.0. The van der Waals surface area contributed by atoms with Crippen LogP contribution in [0.5, 0.6) is 0 Å². The highest BCUT2D eigenvalue weighted by Crippen LogP contribution is 2.11. The Morgan fingerprint density at radius 2 is 0.560 bits per heavy atom. The van der Waals surface area contributed by atoms with Crippen molar-refractivity contribution in [1.29, 1.82) is 0 Å². The van der Waals surface area contributed by atoms with E-state index < -0.39 is 6.10 Å². The van der Waals surface area contributed by atoms with Gasteiger partial charge in [0.1, 0.15) is 13.2 Å². The van der Waals surface area contributed by atoms with Crippen LogP contribution in [0.2, 0.25) is 0 Å². The minimum Gasteiger partial charge on any atom is -0.462 e. The highest BCUT2D eigenvalue weighted by atomic mass is 16.6. The lowest BCUT2D eigenvalue weighted by atomic mass is 10.1. The number of unbranched alkanes of at least 4 members (excludes halogenated alkanes) is 9. The van der Waals surface area contributed by atoms with Crippen molar-refractivity contribution in [1.82, 2.24) is 0 Å². The molecule has 0 radical (unpaired) electrons. The fraction of sp³-hybridized carbons (Fsp3) is 0.522. The molecule has 0 aliphatic heterocycles. The summed E-state index contributed by atoms with van der Waals surface area (Å²) in [4.78, 5) is 38.1. The predicted octanol–water partition coefficient (Wildman–Crippen LogP) is 20.1. The van der Waals surface area contributed by atoms with Gasteiger partial charge in [-0.25, -0.2) is 0 Å². The molecule has 6 heteroatoms. The quantitative estimate of drug-likeness (QED) is 0.0261. The maximum Gasteiger partial charge on any atom is 0.306 e. The molecule has 1 atom stereocenters. The largest absolute Gasteiger partial charge is 0.462 e. The molecule has 0 heterocycles. The van der Waals surface area contributed by atoms with Crippen LogP contribution in [0.15, 0.2) is 182 Å². The summed E-state index contributed by atoms with van der Waals surface area (Å²) in [6, 6.07) is 0. The molecule has 0 N–H and O–H groups in total. The number of carbonyl (C=O) groups excluding carboxylic acids is 3. The summed E-state index contributed by atoms with van der Waals surface area (Å²) in [5.74, 6) is -1.11. The van der Waals surface area contributed by atoms with Gasteiger partial charge in [0.15, 0.2) is 6.10 Å². The molecule has 0 saturated heterocycles. The van der Waals surface area contributed by atoms with Gasteiger partial charge in [0.25, 0.3) is 0 Å². The third kappa shape index (κ3) is 59.3. The van der Waals surface area contributed by atoms with Crippen molar-refractivity contribution in [3.05, 3.63) is 182 Å². The smallest absolute Gasteiger partial charge is 0.306 e. The maximum absolute atomic E-state index is 12.8. The predicted molar refractivity (Wildman–Crippen MR) is 324 cm³/mol. The molecule has 0 fully saturated rings. The molecule has 416 valence electrons. The summed E-state index contributed by atoms with van der Waals surface area (Å²) in [5.41, 5.74) is 0. The van der Waals surface area contributed by atoms with Crippen LogP contribution >= 0.6 is 0 Å². The lowest BCUT2D eigenvalue weighted by molar-refractivity contribution is -0.166. The lowest BCUT2D eigenvalue weighted by Gasteiger charge is -2.18. The molecule has 0 amide bonds. The van der Waals surface area contributed by atoms with E-state index in [0.29, 0.717) is 12.8 Å². The zero-order valence-corrected chi connectivity index (χ0v) is 47.5. The van der Waals surface area contributed by atoms with Gasteiger partial charge < -0.3 is 14.2 Å². The Labute approximate surface area is 459 Å². The van der Waals surface area contributed by atoms with Crippen molar-refractivity contribution in [2.24, 2.45) is 0 Å². The van der Waals surface area contributed by atoms with Crippen LogP contribution < -0.4 is 0 Å². The third-order valence-electron chi connectivity index (χ3n) is 11.4. The number of hydrogen-bond donors (Lipinski definition) is 0. The van der Waals surface area contributed by atoms with E-state index in [9.17, 15) is 14.4 Å². The number of esters is 3. The number of carbonyl (C=O) groups is 3. The molecule has 0 bridgehead atoms. The Morgan fingerprint density at radius 3 is 0.933 bits per heavy atom. The lowest BCUT2D eigenvalue weighted by Crippen LogP contribution is -2.30. The molecule has 1 unspecified atom stereocenters. The third-order valence-corrected chi connectivity index (χ3v) is 11.4. The number of hydrogen-bond acceptors (Lipinski definition) is 6. The van der Waals surface area contributed by atoms with Gasteiger partial charge in [0.05, 0.1) is 0 Å². The Kier molecular flexibility index (Phi) is 56.6. The van der Waals surface area contributed by atoms with E-state index in [2.05, 4.69) is 191 Å². The van der Waals surface area contributed by atoms with Gasteiger partial charge in [-0.1, -0.05) is 235 Å². The Morgan fingerprint density at radius 1 is 0.280 bits per heavy atom. The highest BCUT2D eigenvalue weighted by molar-refractivity contribution is 5.71. The molecule has 75 heavy (non-hydrogen) atoms. The standard InChI is InChI=1S/C69H104O6/c1-4-7-10-13-16-19-22-25-27-28-29-30-31-32-33-34-35-36-37-38-39-40-42-44-47-50-53-56-59-62-68(71)74-65-66(64-73-67(70)61-58-55-52-49-46-43-24-21-18-15-12-9-6-3)75-69(72)63-60-57-54-51-48-45-41-26-23-20-17-14-11-8-5-2/h7,9-10,12,16-21,25-27,29-30,32-33,35-36,38-39,41-44,46,50,52-53,55,66H,4-6,8,11,13-15,22-24,28,31,34,37,40,45,47-49,51,54,56-65H2,1-3H3/b10-7-,12-9-,19-16-,20-17-,21-18-,27-25-,30-29-,33-32-,36-35-,39-38-,41-26-,44-42-,46-43-,53-50-,55-52-. The molecule has 6 nitrogen and oxygen atoms in total. The van der Waals surface area contributed by atoms with Crippen molar-refractivity contribution in [2.45, 2.75) is 219 Å². The monoisotopic (exact) mass is 1030 g/mol. The molecule has 0 aromatic carbocycles. The average molecular weight is 1030 g/mol. The van der Waals surface area contributed by atoms with E-state index >= 15 is 0 Å². The average Bonchev–Trinajstić information content (AvgIpc) is 3.41. The van der Waals surface area contributed by atoms with Crippen molar-refractivity contribution in [3.63, 3.8) is 0 Å². The molecule has 0 saturated carbocycles. The summed E-state index contributed by atoms with van der Waals surface area (Å²) in [6.45, 7) is 6.23. The second kappa shape index (κ2) is 61.1. The Balaban J connectivity index is 4.52. The van der Waals surface area contributed by atoms with Crippen molar-refractivity contribution < 1.29 is 28.6 Å². The van der Waals surface area contributed by atoms with Crippen molar-refractivity contribution >= 4 is 17.9 Å². The molecule has 0 aliphatic carbocycles. The van der Waals surface area contributed by atoms with Crippen LogP contribution in [0.25, 0.3) is 0 Å². The van der Waals surface area contributed by atoms with Crippen LogP contribution in [0.1, 0.15) is 213 Å². The van der Waals surface area contributed by atoms with E-state index in [1.807, 2.05) is 12.2 Å².